The first kappa shape index (κ1) is 12.1. The van der Waals surface area contributed by atoms with Crippen molar-refractivity contribution in [3.63, 3.8) is 0 Å². The van der Waals surface area contributed by atoms with Gasteiger partial charge in [-0.05, 0) is 31.0 Å². The maximum Gasteiger partial charge on any atom is 0.315 e. The van der Waals surface area contributed by atoms with Crippen LogP contribution in [0.3, 0.4) is 0 Å². The number of fused-ring (bicyclic) bond motifs is 1. The molecule has 0 amide bonds. The maximum absolute atomic E-state index is 11.4. The predicted octanol–water partition coefficient (Wildman–Crippen LogP) is 2.71. The van der Waals surface area contributed by atoms with E-state index in [1.165, 1.54) is 0 Å². The van der Waals surface area contributed by atoms with Crippen LogP contribution in [0.4, 0.5) is 0 Å². The Morgan fingerprint density at radius 2 is 1.94 bits per heavy atom. The van der Waals surface area contributed by atoms with E-state index in [2.05, 4.69) is 33.9 Å². The van der Waals surface area contributed by atoms with Crippen molar-refractivity contribution in [2.75, 3.05) is 0 Å². The minimum Gasteiger partial charge on any atom is -0.461 e. The van der Waals surface area contributed by atoms with Crippen molar-refractivity contribution < 1.29 is 14.0 Å². The summed E-state index contributed by atoms with van der Waals surface area (Å²) in [5.74, 6) is -0.0136. The number of esters is 1. The Morgan fingerprint density at radius 3 is 2.44 bits per heavy atom. The third-order valence-corrected chi connectivity index (χ3v) is 8.83. The molecule has 1 heterocycles. The van der Waals surface area contributed by atoms with Crippen molar-refractivity contribution >= 4 is 14.3 Å². The maximum atomic E-state index is 11.4. The Balaban J connectivity index is 2.03. The van der Waals surface area contributed by atoms with E-state index < -0.39 is 8.32 Å². The topological polar surface area (TPSA) is 35.5 Å². The van der Waals surface area contributed by atoms with E-state index in [1.807, 2.05) is 0 Å². The first-order valence-corrected chi connectivity index (χ1v) is 9.01. The van der Waals surface area contributed by atoms with Crippen LogP contribution in [0, 0.1) is 5.92 Å². The average molecular weight is 242 g/mol. The van der Waals surface area contributed by atoms with E-state index in [0.29, 0.717) is 0 Å². The average Bonchev–Trinajstić information content (AvgIpc) is 2.38. The Hall–Kier alpha value is -0.353. The summed E-state index contributed by atoms with van der Waals surface area (Å²) in [4.78, 5) is 11.4. The highest BCUT2D eigenvalue weighted by atomic mass is 28.4. The lowest BCUT2D eigenvalue weighted by Gasteiger charge is -2.41. The van der Waals surface area contributed by atoms with E-state index >= 15 is 0 Å². The summed E-state index contributed by atoms with van der Waals surface area (Å²) >= 11 is 0. The first-order chi connectivity index (χ1) is 7.22. The molecule has 0 bridgehead atoms. The Bertz CT molecular complexity index is 306. The second-order valence-corrected chi connectivity index (χ2v) is 11.3. The third kappa shape index (κ3) is 1.82. The summed E-state index contributed by atoms with van der Waals surface area (Å²) in [6.07, 6.45) is 2.23. The van der Waals surface area contributed by atoms with E-state index in [-0.39, 0.29) is 29.1 Å². The van der Waals surface area contributed by atoms with Gasteiger partial charge in [-0.1, -0.05) is 20.8 Å². The van der Waals surface area contributed by atoms with E-state index in [4.69, 9.17) is 9.16 Å². The number of hydrogen-bond acceptors (Lipinski definition) is 3. The molecule has 2 rings (SSSR count). The summed E-state index contributed by atoms with van der Waals surface area (Å²) in [5.41, 5.74) is 0. The highest BCUT2D eigenvalue weighted by molar-refractivity contribution is 6.74. The minimum absolute atomic E-state index is 0.0362. The van der Waals surface area contributed by atoms with Gasteiger partial charge in [0.1, 0.15) is 12.0 Å². The van der Waals surface area contributed by atoms with Crippen molar-refractivity contribution in [2.45, 2.75) is 64.0 Å². The Labute approximate surface area is 98.6 Å². The van der Waals surface area contributed by atoms with E-state index in [0.717, 1.165) is 12.8 Å². The number of ether oxygens (including phenoxy) is 1. The highest BCUT2D eigenvalue weighted by Gasteiger charge is 2.54. The van der Waals surface area contributed by atoms with E-state index in [9.17, 15) is 4.79 Å². The largest absolute Gasteiger partial charge is 0.461 e. The predicted molar refractivity (Wildman–Crippen MR) is 64.7 cm³/mol. The molecular weight excluding hydrogens is 220 g/mol. The van der Waals surface area contributed by atoms with Crippen LogP contribution in [0.5, 0.6) is 0 Å². The quantitative estimate of drug-likeness (QED) is 0.552. The van der Waals surface area contributed by atoms with Gasteiger partial charge in [0, 0.05) is 0 Å². The van der Waals surface area contributed by atoms with Crippen LogP contribution in [0.1, 0.15) is 33.6 Å². The molecule has 1 aliphatic heterocycles. The Morgan fingerprint density at radius 1 is 1.31 bits per heavy atom. The number of hydrogen-bond donors (Lipinski definition) is 0. The molecule has 0 radical (unpaired) electrons. The molecule has 4 heteroatoms. The fourth-order valence-electron chi connectivity index (χ4n) is 2.21. The lowest BCUT2D eigenvalue weighted by molar-refractivity contribution is -0.185. The zero-order valence-corrected chi connectivity index (χ0v) is 11.9. The molecule has 3 nitrogen and oxygen atoms in total. The fourth-order valence-corrected chi connectivity index (χ4v) is 3.58. The molecule has 2 aliphatic rings. The van der Waals surface area contributed by atoms with Crippen molar-refractivity contribution in [1.29, 1.82) is 0 Å². The van der Waals surface area contributed by atoms with Gasteiger partial charge in [0.2, 0.25) is 0 Å². The highest BCUT2D eigenvalue weighted by Crippen LogP contribution is 2.44. The van der Waals surface area contributed by atoms with Gasteiger partial charge >= 0.3 is 5.97 Å². The molecular formula is C12H22O3Si. The lowest BCUT2D eigenvalue weighted by Crippen LogP contribution is -2.51. The van der Waals surface area contributed by atoms with Crippen LogP contribution in [-0.2, 0) is 14.0 Å². The number of rotatable bonds is 2. The molecule has 0 spiro atoms. The Kier molecular flexibility index (Phi) is 2.70. The minimum atomic E-state index is -1.74. The fraction of sp³-hybridized carbons (Fsp3) is 0.917. The van der Waals surface area contributed by atoms with Gasteiger partial charge in [-0.15, -0.1) is 0 Å². The zero-order valence-electron chi connectivity index (χ0n) is 10.9. The molecule has 0 aromatic carbocycles. The third-order valence-electron chi connectivity index (χ3n) is 4.33. The normalized spacial score (nSPS) is 34.3. The molecule has 2 fully saturated rings. The SMILES string of the molecule is CC(C)(C)[Si](C)(C)O[C@@H]1CC[C@H]2OC(=O)C21. The van der Waals surface area contributed by atoms with Gasteiger partial charge in [-0.3, -0.25) is 4.79 Å². The van der Waals surface area contributed by atoms with Crippen molar-refractivity contribution in [3.8, 4) is 0 Å². The molecule has 0 aromatic rings. The van der Waals surface area contributed by atoms with Gasteiger partial charge in [0.05, 0.1) is 6.10 Å². The summed E-state index contributed by atoms with van der Waals surface area (Å²) in [6, 6.07) is 0. The van der Waals surface area contributed by atoms with Crippen LogP contribution in [-0.4, -0.2) is 26.5 Å². The van der Waals surface area contributed by atoms with Crippen molar-refractivity contribution in [3.05, 3.63) is 0 Å². The molecule has 16 heavy (non-hydrogen) atoms. The van der Waals surface area contributed by atoms with Gasteiger partial charge in [-0.25, -0.2) is 0 Å². The van der Waals surface area contributed by atoms with Crippen LogP contribution < -0.4 is 0 Å². The van der Waals surface area contributed by atoms with Gasteiger partial charge in [0.15, 0.2) is 8.32 Å². The second-order valence-electron chi connectivity index (χ2n) is 6.50. The molecule has 92 valence electrons. The summed E-state index contributed by atoms with van der Waals surface area (Å²) in [7, 11) is -1.74. The monoisotopic (exact) mass is 242 g/mol. The van der Waals surface area contributed by atoms with Crippen molar-refractivity contribution in [2.24, 2.45) is 5.92 Å². The van der Waals surface area contributed by atoms with Gasteiger partial charge in [0.25, 0.3) is 0 Å². The molecule has 1 aliphatic carbocycles. The lowest BCUT2D eigenvalue weighted by atomic mass is 9.99. The molecule has 1 unspecified atom stereocenters. The zero-order chi connectivity index (χ0) is 12.1. The van der Waals surface area contributed by atoms with Crippen molar-refractivity contribution in [1.82, 2.24) is 0 Å². The van der Waals surface area contributed by atoms with Crippen LogP contribution in [0.15, 0.2) is 0 Å². The molecule has 0 aromatic heterocycles. The standard InChI is InChI=1S/C12H22O3Si/c1-12(2,3)16(4,5)15-9-7-6-8-10(9)11(13)14-8/h8-10H,6-7H2,1-5H3/t8-,9-,10?/m1/s1. The first-order valence-electron chi connectivity index (χ1n) is 6.11. The van der Waals surface area contributed by atoms with Crippen LogP contribution >= 0.6 is 0 Å². The second kappa shape index (κ2) is 3.57. The number of carbonyl (C=O) groups is 1. The number of carbonyl (C=O) groups excluding carboxylic acids is 1. The summed E-state index contributed by atoms with van der Waals surface area (Å²) in [5, 5.41) is 0.207. The van der Waals surface area contributed by atoms with Gasteiger partial charge < -0.3 is 9.16 Å². The van der Waals surface area contributed by atoms with E-state index in [1.54, 1.807) is 0 Å². The summed E-state index contributed by atoms with van der Waals surface area (Å²) in [6.45, 7) is 11.2. The molecule has 1 saturated carbocycles. The van der Waals surface area contributed by atoms with Gasteiger partial charge in [-0.2, -0.15) is 0 Å². The smallest absolute Gasteiger partial charge is 0.315 e. The molecule has 3 atom stereocenters. The molecule has 1 saturated heterocycles. The van der Waals surface area contributed by atoms with Crippen LogP contribution in [0.25, 0.3) is 0 Å². The summed E-state index contributed by atoms with van der Waals surface area (Å²) < 4.78 is 11.4. The van der Waals surface area contributed by atoms with Crippen LogP contribution in [0.2, 0.25) is 18.1 Å². The molecule has 0 N–H and O–H groups in total.